The standard InChI is InChI=1S/C10H12O3/c1-5-3-9-7(4-8(5)11)6(2)10(12)13-9/h5,7,9H,2-4H2,1H3/t5-,7+,9+/m1/s1. The highest BCUT2D eigenvalue weighted by Crippen LogP contribution is 2.38. The molecule has 0 aromatic carbocycles. The van der Waals surface area contributed by atoms with Gasteiger partial charge in [-0.25, -0.2) is 4.79 Å². The van der Waals surface area contributed by atoms with Gasteiger partial charge in [0.05, 0.1) is 0 Å². The molecular weight excluding hydrogens is 168 g/mol. The molecule has 0 aromatic heterocycles. The summed E-state index contributed by atoms with van der Waals surface area (Å²) in [5.41, 5.74) is 0.477. The molecule has 3 heteroatoms. The molecule has 0 unspecified atom stereocenters. The van der Waals surface area contributed by atoms with Gasteiger partial charge >= 0.3 is 5.97 Å². The Labute approximate surface area is 76.8 Å². The lowest BCUT2D eigenvalue weighted by Gasteiger charge is -2.26. The number of rotatable bonds is 0. The molecule has 70 valence electrons. The lowest BCUT2D eigenvalue weighted by Crippen LogP contribution is -2.32. The fraction of sp³-hybridized carbons (Fsp3) is 0.600. The van der Waals surface area contributed by atoms with Crippen molar-refractivity contribution < 1.29 is 14.3 Å². The molecule has 1 aliphatic heterocycles. The highest BCUT2D eigenvalue weighted by molar-refractivity contribution is 5.93. The number of ketones is 1. The van der Waals surface area contributed by atoms with E-state index in [1.165, 1.54) is 0 Å². The minimum absolute atomic E-state index is 0.0277. The Bertz CT molecular complexity index is 293. The number of fused-ring (bicyclic) bond motifs is 1. The van der Waals surface area contributed by atoms with Crippen molar-refractivity contribution in [3.8, 4) is 0 Å². The molecule has 1 heterocycles. The molecule has 2 aliphatic rings. The van der Waals surface area contributed by atoms with Crippen LogP contribution in [0.3, 0.4) is 0 Å². The van der Waals surface area contributed by atoms with Crippen molar-refractivity contribution in [1.82, 2.24) is 0 Å². The molecule has 3 nitrogen and oxygen atoms in total. The van der Waals surface area contributed by atoms with Gasteiger partial charge in [0.25, 0.3) is 0 Å². The first-order chi connectivity index (χ1) is 6.09. The summed E-state index contributed by atoms with van der Waals surface area (Å²) in [6, 6.07) is 0. The van der Waals surface area contributed by atoms with Crippen LogP contribution in [0.1, 0.15) is 19.8 Å². The van der Waals surface area contributed by atoms with E-state index in [1.54, 1.807) is 0 Å². The molecule has 0 bridgehead atoms. The molecule has 1 saturated carbocycles. The molecule has 1 saturated heterocycles. The molecule has 13 heavy (non-hydrogen) atoms. The quantitative estimate of drug-likeness (QED) is 0.414. The van der Waals surface area contributed by atoms with Gasteiger partial charge in [-0.15, -0.1) is 0 Å². The molecule has 0 N–H and O–H groups in total. The summed E-state index contributed by atoms with van der Waals surface area (Å²) in [6.07, 6.45) is 0.998. The lowest BCUT2D eigenvalue weighted by atomic mass is 9.78. The zero-order chi connectivity index (χ0) is 9.59. The summed E-state index contributed by atoms with van der Waals surface area (Å²) in [5.74, 6) is -0.117. The average Bonchev–Trinajstić information content (AvgIpc) is 2.32. The van der Waals surface area contributed by atoms with E-state index in [2.05, 4.69) is 6.58 Å². The van der Waals surface area contributed by atoms with E-state index in [0.29, 0.717) is 18.4 Å². The zero-order valence-corrected chi connectivity index (χ0v) is 7.58. The Kier molecular flexibility index (Phi) is 1.75. The fourth-order valence-electron chi connectivity index (χ4n) is 2.04. The van der Waals surface area contributed by atoms with Gasteiger partial charge in [0.15, 0.2) is 0 Å². The van der Waals surface area contributed by atoms with Crippen LogP contribution in [-0.2, 0) is 14.3 Å². The van der Waals surface area contributed by atoms with E-state index < -0.39 is 0 Å². The third kappa shape index (κ3) is 1.19. The smallest absolute Gasteiger partial charge is 0.334 e. The van der Waals surface area contributed by atoms with Crippen LogP contribution >= 0.6 is 0 Å². The van der Waals surface area contributed by atoms with Crippen LogP contribution in [0.4, 0.5) is 0 Å². The maximum absolute atomic E-state index is 11.4. The summed E-state index contributed by atoms with van der Waals surface area (Å²) < 4.78 is 5.11. The number of hydrogen-bond donors (Lipinski definition) is 0. The fourth-order valence-corrected chi connectivity index (χ4v) is 2.04. The molecule has 0 amide bonds. The Morgan fingerprint density at radius 2 is 2.15 bits per heavy atom. The van der Waals surface area contributed by atoms with Gasteiger partial charge in [-0.3, -0.25) is 4.79 Å². The van der Waals surface area contributed by atoms with Gasteiger partial charge in [0, 0.05) is 23.8 Å². The molecule has 0 radical (unpaired) electrons. The van der Waals surface area contributed by atoms with Crippen molar-refractivity contribution in [3.05, 3.63) is 12.2 Å². The van der Waals surface area contributed by atoms with Gasteiger partial charge in [-0.2, -0.15) is 0 Å². The van der Waals surface area contributed by atoms with E-state index in [1.807, 2.05) is 6.92 Å². The maximum atomic E-state index is 11.4. The molecule has 2 rings (SSSR count). The van der Waals surface area contributed by atoms with Crippen molar-refractivity contribution in [2.45, 2.75) is 25.9 Å². The first kappa shape index (κ1) is 8.48. The van der Waals surface area contributed by atoms with E-state index in [4.69, 9.17) is 4.74 Å². The van der Waals surface area contributed by atoms with E-state index >= 15 is 0 Å². The first-order valence-electron chi connectivity index (χ1n) is 4.52. The SMILES string of the molecule is C=C1C(=O)O[C@H]2C[C@@H](C)C(=O)C[C@@H]12. The predicted octanol–water partition coefficient (Wildman–Crippen LogP) is 1.08. The van der Waals surface area contributed by atoms with Crippen LogP contribution in [0.25, 0.3) is 0 Å². The molecule has 0 spiro atoms. The first-order valence-corrected chi connectivity index (χ1v) is 4.52. The van der Waals surface area contributed by atoms with Crippen LogP contribution in [0.5, 0.6) is 0 Å². The summed E-state index contributed by atoms with van der Waals surface area (Å²) >= 11 is 0. The van der Waals surface area contributed by atoms with Gasteiger partial charge in [0.2, 0.25) is 0 Å². The maximum Gasteiger partial charge on any atom is 0.334 e. The van der Waals surface area contributed by atoms with Crippen LogP contribution in [-0.4, -0.2) is 17.9 Å². The summed E-state index contributed by atoms with van der Waals surface area (Å²) in [5, 5.41) is 0. The van der Waals surface area contributed by atoms with Crippen LogP contribution < -0.4 is 0 Å². The van der Waals surface area contributed by atoms with E-state index in [9.17, 15) is 9.59 Å². The predicted molar refractivity (Wildman–Crippen MR) is 45.9 cm³/mol. The normalized spacial score (nSPS) is 38.8. The number of esters is 1. The molecule has 3 atom stereocenters. The molecule has 2 fully saturated rings. The van der Waals surface area contributed by atoms with Crippen molar-refractivity contribution >= 4 is 11.8 Å². The number of carbonyl (C=O) groups is 2. The van der Waals surface area contributed by atoms with Crippen LogP contribution in [0.2, 0.25) is 0 Å². The van der Waals surface area contributed by atoms with E-state index in [0.717, 1.165) is 0 Å². The monoisotopic (exact) mass is 180 g/mol. The Hall–Kier alpha value is -1.12. The Balaban J connectivity index is 2.21. The van der Waals surface area contributed by atoms with Gasteiger partial charge in [-0.1, -0.05) is 13.5 Å². The molecule has 0 aromatic rings. The van der Waals surface area contributed by atoms with Crippen molar-refractivity contribution in [2.24, 2.45) is 11.8 Å². The summed E-state index contributed by atoms with van der Waals surface area (Å²) in [7, 11) is 0. The van der Waals surface area contributed by atoms with Crippen LogP contribution in [0.15, 0.2) is 12.2 Å². The number of ether oxygens (including phenoxy) is 1. The van der Waals surface area contributed by atoms with Gasteiger partial charge in [-0.05, 0) is 6.42 Å². The largest absolute Gasteiger partial charge is 0.458 e. The van der Waals surface area contributed by atoms with Crippen LogP contribution in [0, 0.1) is 11.8 Å². The molecule has 1 aliphatic carbocycles. The van der Waals surface area contributed by atoms with Crippen molar-refractivity contribution in [1.29, 1.82) is 0 Å². The topological polar surface area (TPSA) is 43.4 Å². The Morgan fingerprint density at radius 1 is 1.46 bits per heavy atom. The zero-order valence-electron chi connectivity index (χ0n) is 7.58. The second-order valence-corrected chi connectivity index (χ2v) is 3.88. The Morgan fingerprint density at radius 3 is 2.85 bits per heavy atom. The highest BCUT2D eigenvalue weighted by atomic mass is 16.6. The number of carbonyl (C=O) groups excluding carboxylic acids is 2. The summed E-state index contributed by atoms with van der Waals surface area (Å²) in [4.78, 5) is 22.5. The number of Topliss-reactive ketones (excluding diaryl/α,β-unsaturated/α-hetero) is 1. The van der Waals surface area contributed by atoms with Gasteiger partial charge < -0.3 is 4.74 Å². The highest BCUT2D eigenvalue weighted by Gasteiger charge is 2.44. The minimum Gasteiger partial charge on any atom is -0.458 e. The average molecular weight is 180 g/mol. The minimum atomic E-state index is -0.322. The second kappa shape index (κ2) is 2.69. The second-order valence-electron chi connectivity index (χ2n) is 3.88. The van der Waals surface area contributed by atoms with Crippen molar-refractivity contribution in [2.75, 3.05) is 0 Å². The third-order valence-electron chi connectivity index (χ3n) is 2.97. The van der Waals surface area contributed by atoms with E-state index in [-0.39, 0.29) is 29.7 Å². The lowest BCUT2D eigenvalue weighted by molar-refractivity contribution is -0.142. The number of hydrogen-bond acceptors (Lipinski definition) is 3. The van der Waals surface area contributed by atoms with Crippen molar-refractivity contribution in [3.63, 3.8) is 0 Å². The van der Waals surface area contributed by atoms with Gasteiger partial charge in [0.1, 0.15) is 11.9 Å². The molecular formula is C10H12O3. The summed E-state index contributed by atoms with van der Waals surface area (Å²) in [6.45, 7) is 5.53. The third-order valence-corrected chi connectivity index (χ3v) is 2.97.